The van der Waals surface area contributed by atoms with Crippen LogP contribution in [0.4, 0.5) is 10.5 Å². The van der Waals surface area contributed by atoms with Gasteiger partial charge in [-0.3, -0.25) is 10.1 Å². The Labute approximate surface area is 135 Å². The van der Waals surface area contributed by atoms with E-state index in [4.69, 9.17) is 9.47 Å². The van der Waals surface area contributed by atoms with Gasteiger partial charge in [0, 0.05) is 11.3 Å². The molecule has 1 N–H and O–H groups in total. The Morgan fingerprint density at radius 2 is 1.48 bits per heavy atom. The summed E-state index contributed by atoms with van der Waals surface area (Å²) >= 11 is 0. The summed E-state index contributed by atoms with van der Waals surface area (Å²) in [5.74, 6) is 1.25. The number of carbonyl (C=O) groups excluding carboxylic acids is 2. The first-order valence-corrected chi connectivity index (χ1v) is 7.19. The van der Waals surface area contributed by atoms with E-state index in [2.05, 4.69) is 5.32 Å². The van der Waals surface area contributed by atoms with Crippen LogP contribution >= 0.6 is 0 Å². The number of ether oxygens (including phenoxy) is 2. The van der Waals surface area contributed by atoms with Crippen molar-refractivity contribution in [2.24, 2.45) is 0 Å². The normalized spacial score (nSPS) is 10.7. The molecule has 2 rings (SSSR count). The van der Waals surface area contributed by atoms with Crippen molar-refractivity contribution in [3.05, 3.63) is 54.1 Å². The second-order valence-electron chi connectivity index (χ2n) is 5.94. The number of aldehydes is 1. The van der Waals surface area contributed by atoms with Gasteiger partial charge in [-0.05, 0) is 69.3 Å². The average Bonchev–Trinajstić information content (AvgIpc) is 2.48. The van der Waals surface area contributed by atoms with Crippen molar-refractivity contribution < 1.29 is 19.1 Å². The molecule has 0 unspecified atom stereocenters. The van der Waals surface area contributed by atoms with Crippen molar-refractivity contribution in [1.82, 2.24) is 0 Å². The van der Waals surface area contributed by atoms with Crippen LogP contribution in [0.5, 0.6) is 11.5 Å². The van der Waals surface area contributed by atoms with Gasteiger partial charge in [0.2, 0.25) is 0 Å². The number of hydrogen-bond acceptors (Lipinski definition) is 4. The molecule has 0 saturated heterocycles. The van der Waals surface area contributed by atoms with Gasteiger partial charge in [-0.1, -0.05) is 0 Å². The topological polar surface area (TPSA) is 64.6 Å². The highest BCUT2D eigenvalue weighted by Crippen LogP contribution is 2.23. The van der Waals surface area contributed by atoms with Crippen LogP contribution < -0.4 is 10.1 Å². The molecule has 5 heteroatoms. The molecule has 0 bridgehead atoms. The monoisotopic (exact) mass is 313 g/mol. The largest absolute Gasteiger partial charge is 0.457 e. The highest BCUT2D eigenvalue weighted by molar-refractivity contribution is 5.84. The maximum Gasteiger partial charge on any atom is 0.412 e. The molecule has 0 heterocycles. The fraction of sp³-hybridized carbons (Fsp3) is 0.222. The molecule has 0 aliphatic rings. The number of rotatable bonds is 4. The molecule has 0 saturated carbocycles. The van der Waals surface area contributed by atoms with Crippen molar-refractivity contribution in [2.45, 2.75) is 26.4 Å². The molecule has 2 aromatic rings. The number of amides is 1. The Balaban J connectivity index is 1.96. The van der Waals surface area contributed by atoms with E-state index in [1.807, 2.05) is 0 Å². The van der Waals surface area contributed by atoms with Crippen molar-refractivity contribution in [2.75, 3.05) is 5.32 Å². The van der Waals surface area contributed by atoms with Gasteiger partial charge >= 0.3 is 6.09 Å². The molecule has 0 radical (unpaired) electrons. The number of anilines is 1. The Morgan fingerprint density at radius 1 is 0.957 bits per heavy atom. The third-order valence-electron chi connectivity index (χ3n) is 2.75. The lowest BCUT2D eigenvalue weighted by Crippen LogP contribution is -2.27. The maximum absolute atomic E-state index is 11.7. The zero-order chi connectivity index (χ0) is 16.9. The lowest BCUT2D eigenvalue weighted by atomic mass is 10.2. The highest BCUT2D eigenvalue weighted by atomic mass is 16.6. The summed E-state index contributed by atoms with van der Waals surface area (Å²) in [4.78, 5) is 22.3. The van der Waals surface area contributed by atoms with Gasteiger partial charge < -0.3 is 9.47 Å². The molecule has 0 aromatic heterocycles. The molecular weight excluding hydrogens is 294 g/mol. The molecule has 0 aliphatic carbocycles. The molecule has 1 amide bonds. The molecule has 0 fully saturated rings. The van der Waals surface area contributed by atoms with Gasteiger partial charge in [-0.2, -0.15) is 0 Å². The molecule has 23 heavy (non-hydrogen) atoms. The van der Waals surface area contributed by atoms with Crippen molar-refractivity contribution in [3.63, 3.8) is 0 Å². The Hall–Kier alpha value is -2.82. The van der Waals surface area contributed by atoms with E-state index in [1.54, 1.807) is 69.3 Å². The van der Waals surface area contributed by atoms with Gasteiger partial charge in [0.25, 0.3) is 0 Å². The predicted molar refractivity (Wildman–Crippen MR) is 88.2 cm³/mol. The van der Waals surface area contributed by atoms with Crippen LogP contribution in [0.2, 0.25) is 0 Å². The van der Waals surface area contributed by atoms with E-state index >= 15 is 0 Å². The van der Waals surface area contributed by atoms with Gasteiger partial charge in [0.05, 0.1) is 0 Å². The van der Waals surface area contributed by atoms with Gasteiger partial charge in [0.1, 0.15) is 23.4 Å². The number of nitrogens with one attached hydrogen (secondary N) is 1. The minimum atomic E-state index is -0.541. The highest BCUT2D eigenvalue weighted by Gasteiger charge is 2.16. The summed E-state index contributed by atoms with van der Waals surface area (Å²) < 4.78 is 10.8. The molecule has 0 aliphatic heterocycles. The minimum absolute atomic E-state index is 0.504. The number of benzene rings is 2. The zero-order valence-corrected chi connectivity index (χ0v) is 13.3. The van der Waals surface area contributed by atoms with Crippen molar-refractivity contribution >= 4 is 18.1 Å². The van der Waals surface area contributed by atoms with E-state index in [-0.39, 0.29) is 0 Å². The van der Waals surface area contributed by atoms with E-state index < -0.39 is 11.7 Å². The summed E-state index contributed by atoms with van der Waals surface area (Å²) in [7, 11) is 0. The van der Waals surface area contributed by atoms with Crippen molar-refractivity contribution in [1.29, 1.82) is 0 Å². The summed E-state index contributed by atoms with van der Waals surface area (Å²) in [6, 6.07) is 13.7. The fourth-order valence-electron chi connectivity index (χ4n) is 1.78. The van der Waals surface area contributed by atoms with Crippen LogP contribution in [-0.4, -0.2) is 18.0 Å². The fourth-order valence-corrected chi connectivity index (χ4v) is 1.78. The van der Waals surface area contributed by atoms with Gasteiger partial charge in [-0.25, -0.2) is 4.79 Å². The molecular formula is C18H19NO4. The molecule has 0 spiro atoms. The second kappa shape index (κ2) is 6.96. The quantitative estimate of drug-likeness (QED) is 0.835. The minimum Gasteiger partial charge on any atom is -0.457 e. The molecule has 120 valence electrons. The van der Waals surface area contributed by atoms with Crippen LogP contribution in [0.25, 0.3) is 0 Å². The first-order chi connectivity index (χ1) is 10.9. The maximum atomic E-state index is 11.7. The SMILES string of the molecule is CC(C)(C)OC(=O)Nc1ccc(Oc2ccc(C=O)cc2)cc1. The summed E-state index contributed by atoms with van der Waals surface area (Å²) in [5.41, 5.74) is 0.665. The number of hydrogen-bond donors (Lipinski definition) is 1. The van der Waals surface area contributed by atoms with Crippen LogP contribution in [0.1, 0.15) is 31.1 Å². The predicted octanol–water partition coefficient (Wildman–Crippen LogP) is 4.64. The van der Waals surface area contributed by atoms with Crippen LogP contribution in [0.3, 0.4) is 0 Å². The summed E-state index contributed by atoms with van der Waals surface area (Å²) in [6.45, 7) is 5.41. The lowest BCUT2D eigenvalue weighted by molar-refractivity contribution is 0.0636. The molecule has 2 aromatic carbocycles. The van der Waals surface area contributed by atoms with Crippen LogP contribution in [-0.2, 0) is 4.74 Å². The van der Waals surface area contributed by atoms with Gasteiger partial charge in [-0.15, -0.1) is 0 Å². The first-order valence-electron chi connectivity index (χ1n) is 7.19. The zero-order valence-electron chi connectivity index (χ0n) is 13.3. The Morgan fingerprint density at radius 3 is 1.96 bits per heavy atom. The third kappa shape index (κ3) is 5.47. The second-order valence-corrected chi connectivity index (χ2v) is 5.94. The van der Waals surface area contributed by atoms with E-state index in [1.165, 1.54) is 0 Å². The van der Waals surface area contributed by atoms with E-state index in [0.29, 0.717) is 22.7 Å². The third-order valence-corrected chi connectivity index (χ3v) is 2.75. The number of carbonyl (C=O) groups is 2. The van der Waals surface area contributed by atoms with E-state index in [0.717, 1.165) is 6.29 Å². The Kier molecular flexibility index (Phi) is 5.01. The van der Waals surface area contributed by atoms with Gasteiger partial charge in [0.15, 0.2) is 0 Å². The van der Waals surface area contributed by atoms with Crippen molar-refractivity contribution in [3.8, 4) is 11.5 Å². The lowest BCUT2D eigenvalue weighted by Gasteiger charge is -2.19. The van der Waals surface area contributed by atoms with Crippen LogP contribution in [0, 0.1) is 0 Å². The standard InChI is InChI=1S/C18H19NO4/c1-18(2,3)23-17(21)19-14-6-10-16(11-7-14)22-15-8-4-13(12-20)5-9-15/h4-12H,1-3H3,(H,19,21). The smallest absolute Gasteiger partial charge is 0.412 e. The van der Waals surface area contributed by atoms with Crippen LogP contribution in [0.15, 0.2) is 48.5 Å². The summed E-state index contributed by atoms with van der Waals surface area (Å²) in [5, 5.41) is 2.65. The first kappa shape index (κ1) is 16.5. The average molecular weight is 313 g/mol. The Bertz CT molecular complexity index is 670. The molecule has 0 atom stereocenters. The van der Waals surface area contributed by atoms with E-state index in [9.17, 15) is 9.59 Å². The molecule has 5 nitrogen and oxygen atoms in total. The summed E-state index contributed by atoms with van der Waals surface area (Å²) in [6.07, 6.45) is 0.275.